The largest absolute Gasteiger partial charge is 0.456 e. The number of halogens is 1. The maximum atomic E-state index is 13.1. The summed E-state index contributed by atoms with van der Waals surface area (Å²) in [7, 11) is 0. The van der Waals surface area contributed by atoms with E-state index in [2.05, 4.69) is 21.7 Å². The van der Waals surface area contributed by atoms with E-state index in [9.17, 15) is 9.59 Å². The molecule has 0 atom stereocenters. The number of rotatable bonds is 8. The van der Waals surface area contributed by atoms with Gasteiger partial charge in [-0.2, -0.15) is 0 Å². The van der Waals surface area contributed by atoms with Gasteiger partial charge in [0.1, 0.15) is 5.76 Å². The topological polar surface area (TPSA) is 67.5 Å². The van der Waals surface area contributed by atoms with Gasteiger partial charge in [0.05, 0.1) is 6.54 Å². The molecule has 0 aliphatic carbocycles. The average Bonchev–Trinajstić information content (AvgIpc) is 3.37. The van der Waals surface area contributed by atoms with E-state index in [-0.39, 0.29) is 17.7 Å². The number of Topliss-reactive ketones (excluding diaryl/α,β-unsaturated/α-hetero) is 1. The number of nitrogens with zero attached hydrogens (tertiary/aromatic N) is 2. The smallest absolute Gasteiger partial charge is 0.287 e. The first-order valence-electron chi connectivity index (χ1n) is 11.8. The number of aryl methyl sites for hydroxylation is 3. The van der Waals surface area contributed by atoms with Gasteiger partial charge in [0.15, 0.2) is 11.5 Å². The quantitative estimate of drug-likeness (QED) is 0.461. The number of carbonyl (C=O) groups excluding carboxylic acids is 2. The number of hydrogen-bond acceptors (Lipinski definition) is 4. The zero-order chi connectivity index (χ0) is 24.2. The molecule has 0 radical (unpaired) electrons. The molecule has 2 aromatic heterocycles. The molecule has 6 nitrogen and oxygen atoms in total. The van der Waals surface area contributed by atoms with Crippen molar-refractivity contribution in [2.24, 2.45) is 0 Å². The van der Waals surface area contributed by atoms with Crippen LogP contribution < -0.4 is 5.32 Å². The predicted molar refractivity (Wildman–Crippen MR) is 134 cm³/mol. The molecule has 34 heavy (non-hydrogen) atoms. The van der Waals surface area contributed by atoms with Crippen molar-refractivity contribution >= 4 is 23.3 Å². The van der Waals surface area contributed by atoms with Crippen molar-refractivity contribution in [1.29, 1.82) is 0 Å². The van der Waals surface area contributed by atoms with E-state index in [1.807, 2.05) is 44.2 Å². The molecule has 180 valence electrons. The van der Waals surface area contributed by atoms with Crippen molar-refractivity contribution in [2.75, 3.05) is 19.6 Å². The maximum Gasteiger partial charge on any atom is 0.287 e. The van der Waals surface area contributed by atoms with E-state index < -0.39 is 0 Å². The van der Waals surface area contributed by atoms with Gasteiger partial charge < -0.3 is 14.3 Å². The monoisotopic (exact) mass is 481 g/mol. The van der Waals surface area contributed by atoms with Crippen molar-refractivity contribution in [3.63, 3.8) is 0 Å². The first-order valence-corrected chi connectivity index (χ1v) is 12.2. The number of hydrogen-bond donors (Lipinski definition) is 1. The van der Waals surface area contributed by atoms with E-state index in [4.69, 9.17) is 16.0 Å². The van der Waals surface area contributed by atoms with Crippen LogP contribution >= 0.6 is 11.6 Å². The molecule has 3 heterocycles. The molecule has 1 aromatic carbocycles. The van der Waals surface area contributed by atoms with Crippen LogP contribution in [-0.4, -0.2) is 46.8 Å². The molecule has 0 spiro atoms. The normalized spacial score (nSPS) is 14.9. The Balaban J connectivity index is 1.29. The van der Waals surface area contributed by atoms with Crippen LogP contribution in [0.25, 0.3) is 0 Å². The van der Waals surface area contributed by atoms with E-state index in [0.29, 0.717) is 12.3 Å². The van der Waals surface area contributed by atoms with Crippen molar-refractivity contribution in [3.05, 3.63) is 81.5 Å². The summed E-state index contributed by atoms with van der Waals surface area (Å²) in [5.74, 6) is 1.05. The van der Waals surface area contributed by atoms with E-state index >= 15 is 0 Å². The fourth-order valence-electron chi connectivity index (χ4n) is 4.66. The fraction of sp³-hybridized carbons (Fsp3) is 0.407. The van der Waals surface area contributed by atoms with E-state index in [0.717, 1.165) is 66.6 Å². The third kappa shape index (κ3) is 5.80. The minimum absolute atomic E-state index is 0.0993. The van der Waals surface area contributed by atoms with Crippen LogP contribution in [0.2, 0.25) is 5.02 Å². The van der Waals surface area contributed by atoms with Gasteiger partial charge in [-0.1, -0.05) is 23.7 Å². The Bertz CT molecular complexity index is 1150. The highest BCUT2D eigenvalue weighted by Gasteiger charge is 2.25. The molecule has 3 aromatic rings. The lowest BCUT2D eigenvalue weighted by Crippen LogP contribution is -2.45. The number of benzene rings is 1. The van der Waals surface area contributed by atoms with Gasteiger partial charge in [-0.25, -0.2) is 0 Å². The van der Waals surface area contributed by atoms with Crippen LogP contribution in [0, 0.1) is 20.8 Å². The van der Waals surface area contributed by atoms with Crippen LogP contribution in [0.15, 0.2) is 46.9 Å². The van der Waals surface area contributed by atoms with Gasteiger partial charge in [0.25, 0.3) is 5.91 Å². The summed E-state index contributed by atoms with van der Waals surface area (Å²) < 4.78 is 7.63. The predicted octanol–water partition coefficient (Wildman–Crippen LogP) is 4.98. The van der Waals surface area contributed by atoms with Gasteiger partial charge in [-0.05, 0) is 75.9 Å². The first-order chi connectivity index (χ1) is 16.3. The first kappa shape index (κ1) is 24.3. The molecule has 1 saturated heterocycles. The zero-order valence-corrected chi connectivity index (χ0v) is 20.8. The maximum absolute atomic E-state index is 13.1. The third-order valence-electron chi connectivity index (χ3n) is 6.67. The summed E-state index contributed by atoms with van der Waals surface area (Å²) in [6.45, 7) is 8.70. The van der Waals surface area contributed by atoms with Crippen molar-refractivity contribution in [2.45, 2.75) is 52.6 Å². The highest BCUT2D eigenvalue weighted by molar-refractivity contribution is 6.30. The Kier molecular flexibility index (Phi) is 7.59. The van der Waals surface area contributed by atoms with E-state index in [1.165, 1.54) is 5.56 Å². The molecule has 0 unspecified atom stereocenters. The number of aromatic nitrogens is 1. The fourth-order valence-corrected chi connectivity index (χ4v) is 4.78. The third-order valence-corrected chi connectivity index (χ3v) is 6.92. The molecule has 4 rings (SSSR count). The molecule has 1 amide bonds. The molecule has 7 heteroatoms. The summed E-state index contributed by atoms with van der Waals surface area (Å²) in [5.41, 5.74) is 4.15. The Morgan fingerprint density at radius 2 is 1.76 bits per heavy atom. The lowest BCUT2D eigenvalue weighted by molar-refractivity contribution is 0.0843. The lowest BCUT2D eigenvalue weighted by Gasteiger charge is -2.31. The second-order valence-corrected chi connectivity index (χ2v) is 9.61. The van der Waals surface area contributed by atoms with Crippen LogP contribution in [-0.2, 0) is 13.0 Å². The molecular formula is C27H32ClN3O3. The highest BCUT2D eigenvalue weighted by atomic mass is 35.5. The molecule has 1 N–H and O–H groups in total. The standard InChI is InChI=1S/C27H32ClN3O3/c1-18-16-24(20(3)31(18)15-10-21-5-7-22(28)8-6-21)25(32)17-30-13-11-23(12-14-30)29-27(33)26-9-4-19(2)34-26/h4-9,16,23H,10-15,17H2,1-3H3,(H,29,33). The lowest BCUT2D eigenvalue weighted by atomic mass is 10.0. The van der Waals surface area contributed by atoms with Crippen LogP contribution in [0.4, 0.5) is 0 Å². The minimum Gasteiger partial charge on any atom is -0.456 e. The van der Waals surface area contributed by atoms with Crippen molar-refractivity contribution in [1.82, 2.24) is 14.8 Å². The number of carbonyl (C=O) groups is 2. The van der Waals surface area contributed by atoms with E-state index in [1.54, 1.807) is 12.1 Å². The molecule has 0 bridgehead atoms. The second-order valence-electron chi connectivity index (χ2n) is 9.17. The van der Waals surface area contributed by atoms with Gasteiger partial charge in [-0.3, -0.25) is 14.5 Å². The SMILES string of the molecule is Cc1ccc(C(=O)NC2CCN(CC(=O)c3cc(C)n(CCc4ccc(Cl)cc4)c3C)CC2)o1. The van der Waals surface area contributed by atoms with Gasteiger partial charge in [0, 0.05) is 47.7 Å². The minimum atomic E-state index is -0.173. The Hall–Kier alpha value is -2.83. The molecule has 1 aliphatic heterocycles. The summed E-state index contributed by atoms with van der Waals surface area (Å²) in [4.78, 5) is 27.6. The highest BCUT2D eigenvalue weighted by Crippen LogP contribution is 2.19. The second kappa shape index (κ2) is 10.6. The Morgan fingerprint density at radius 3 is 2.41 bits per heavy atom. The van der Waals surface area contributed by atoms with Crippen molar-refractivity contribution in [3.8, 4) is 0 Å². The number of amides is 1. The number of ketones is 1. The summed E-state index contributed by atoms with van der Waals surface area (Å²) in [5, 5.41) is 3.79. The van der Waals surface area contributed by atoms with Gasteiger partial charge in [0.2, 0.25) is 0 Å². The number of furan rings is 1. The molecule has 1 fully saturated rings. The van der Waals surface area contributed by atoms with Crippen LogP contribution in [0.1, 0.15) is 56.5 Å². The number of nitrogens with one attached hydrogen (secondary N) is 1. The summed E-state index contributed by atoms with van der Waals surface area (Å²) in [6, 6.07) is 13.5. The summed E-state index contributed by atoms with van der Waals surface area (Å²) >= 11 is 5.98. The molecule has 1 aliphatic rings. The Morgan fingerprint density at radius 1 is 1.06 bits per heavy atom. The Labute approximate surface area is 205 Å². The molecular weight excluding hydrogens is 450 g/mol. The number of piperidine rings is 1. The average molecular weight is 482 g/mol. The van der Waals surface area contributed by atoms with Crippen LogP contribution in [0.5, 0.6) is 0 Å². The van der Waals surface area contributed by atoms with Gasteiger partial charge in [-0.15, -0.1) is 0 Å². The summed E-state index contributed by atoms with van der Waals surface area (Å²) in [6.07, 6.45) is 2.52. The molecule has 0 saturated carbocycles. The van der Waals surface area contributed by atoms with Crippen LogP contribution in [0.3, 0.4) is 0 Å². The van der Waals surface area contributed by atoms with Gasteiger partial charge >= 0.3 is 0 Å². The number of likely N-dealkylation sites (tertiary alicyclic amines) is 1. The van der Waals surface area contributed by atoms with Crippen molar-refractivity contribution < 1.29 is 14.0 Å². The zero-order valence-electron chi connectivity index (χ0n) is 20.1.